The second-order valence-corrected chi connectivity index (χ2v) is 7.36. The molecule has 0 bridgehead atoms. The monoisotopic (exact) mass is 518 g/mol. The van der Waals surface area contributed by atoms with Gasteiger partial charge in [-0.1, -0.05) is 6.07 Å². The Bertz CT molecular complexity index is 1100. The van der Waals surface area contributed by atoms with Crippen LogP contribution in [0.15, 0.2) is 59.8 Å². The average molecular weight is 518 g/mol. The van der Waals surface area contributed by atoms with Gasteiger partial charge in [-0.3, -0.25) is 15.5 Å². The summed E-state index contributed by atoms with van der Waals surface area (Å²) in [5.74, 6) is 2.65. The number of hydrogen-bond donors (Lipinski definition) is 1. The SMILES string of the molecule is O=[N+]([O-])c1ccc(N/N=C/c2ccc(OCc3ccc4c(c3)OCO4)c(I)c2)nc1. The van der Waals surface area contributed by atoms with Crippen molar-refractivity contribution < 1.29 is 19.1 Å². The van der Waals surface area contributed by atoms with E-state index in [4.69, 9.17) is 14.2 Å². The number of aromatic nitrogens is 1. The predicted octanol–water partition coefficient (Wildman–Crippen LogP) is 4.35. The Morgan fingerprint density at radius 3 is 2.83 bits per heavy atom. The van der Waals surface area contributed by atoms with E-state index in [1.165, 1.54) is 18.3 Å². The highest BCUT2D eigenvalue weighted by molar-refractivity contribution is 14.1. The van der Waals surface area contributed by atoms with Crippen molar-refractivity contribution in [3.05, 3.63) is 79.5 Å². The third-order valence-corrected chi connectivity index (χ3v) is 4.98. The minimum Gasteiger partial charge on any atom is -0.488 e. The third kappa shape index (κ3) is 4.76. The number of fused-ring (bicyclic) bond motifs is 1. The van der Waals surface area contributed by atoms with E-state index >= 15 is 0 Å². The summed E-state index contributed by atoms with van der Waals surface area (Å²) in [6, 6.07) is 14.3. The van der Waals surface area contributed by atoms with E-state index in [1.54, 1.807) is 6.21 Å². The highest BCUT2D eigenvalue weighted by Gasteiger charge is 2.13. The predicted molar refractivity (Wildman–Crippen MR) is 118 cm³/mol. The number of halogens is 1. The minimum absolute atomic E-state index is 0.0737. The first-order valence-electron chi connectivity index (χ1n) is 8.79. The molecule has 2 heterocycles. The number of nitrogens with zero attached hydrogens (tertiary/aromatic N) is 3. The molecule has 30 heavy (non-hydrogen) atoms. The molecule has 10 heteroatoms. The summed E-state index contributed by atoms with van der Waals surface area (Å²) >= 11 is 2.20. The van der Waals surface area contributed by atoms with Crippen LogP contribution in [0.1, 0.15) is 11.1 Å². The Balaban J connectivity index is 1.34. The number of nitrogens with one attached hydrogen (secondary N) is 1. The second kappa shape index (κ2) is 8.95. The molecule has 152 valence electrons. The third-order valence-electron chi connectivity index (χ3n) is 4.14. The Kier molecular flexibility index (Phi) is 5.93. The average Bonchev–Trinajstić information content (AvgIpc) is 3.21. The molecular formula is C20H15IN4O5. The van der Waals surface area contributed by atoms with Crippen LogP contribution in [0.25, 0.3) is 0 Å². The molecule has 1 aliphatic heterocycles. The lowest BCUT2D eigenvalue weighted by Gasteiger charge is -2.09. The maximum absolute atomic E-state index is 10.6. The standard InChI is InChI=1S/C20H15IN4O5/c21-16-7-13(9-23-24-20-6-3-15(10-22-20)25(26)27)1-4-17(16)28-11-14-2-5-18-19(8-14)30-12-29-18/h1-10H,11-12H2,(H,22,24)/b23-9+. The summed E-state index contributed by atoms with van der Waals surface area (Å²) in [7, 11) is 0. The summed E-state index contributed by atoms with van der Waals surface area (Å²) in [5.41, 5.74) is 4.52. The van der Waals surface area contributed by atoms with Gasteiger partial charge >= 0.3 is 0 Å². The van der Waals surface area contributed by atoms with Gasteiger partial charge < -0.3 is 14.2 Å². The van der Waals surface area contributed by atoms with Crippen molar-refractivity contribution in [2.75, 3.05) is 12.2 Å². The molecular weight excluding hydrogens is 503 g/mol. The van der Waals surface area contributed by atoms with Gasteiger partial charge in [0, 0.05) is 6.07 Å². The Morgan fingerprint density at radius 1 is 1.20 bits per heavy atom. The molecule has 0 saturated carbocycles. The van der Waals surface area contributed by atoms with Gasteiger partial charge in [0.1, 0.15) is 24.4 Å². The van der Waals surface area contributed by atoms with Gasteiger partial charge in [0.25, 0.3) is 5.69 Å². The Morgan fingerprint density at radius 2 is 2.07 bits per heavy atom. The van der Waals surface area contributed by atoms with E-state index in [-0.39, 0.29) is 12.5 Å². The van der Waals surface area contributed by atoms with Gasteiger partial charge in [0.05, 0.1) is 14.7 Å². The first-order valence-corrected chi connectivity index (χ1v) is 9.87. The van der Waals surface area contributed by atoms with Gasteiger partial charge in [-0.15, -0.1) is 0 Å². The van der Waals surface area contributed by atoms with Crippen LogP contribution < -0.4 is 19.6 Å². The number of benzene rings is 2. The Labute approximate surface area is 185 Å². The van der Waals surface area contributed by atoms with Gasteiger partial charge in [0.15, 0.2) is 11.5 Å². The molecule has 2 aromatic carbocycles. The van der Waals surface area contributed by atoms with Crippen LogP contribution in [-0.4, -0.2) is 22.9 Å². The molecule has 0 amide bonds. The van der Waals surface area contributed by atoms with Crippen LogP contribution in [0.4, 0.5) is 11.5 Å². The molecule has 1 N–H and O–H groups in total. The number of anilines is 1. The highest BCUT2D eigenvalue weighted by atomic mass is 127. The summed E-state index contributed by atoms with van der Waals surface area (Å²) in [5, 5.41) is 14.7. The van der Waals surface area contributed by atoms with Crippen LogP contribution >= 0.6 is 22.6 Å². The fourth-order valence-corrected chi connectivity index (χ4v) is 3.33. The van der Waals surface area contributed by atoms with Crippen molar-refractivity contribution >= 4 is 40.3 Å². The van der Waals surface area contributed by atoms with Crippen molar-refractivity contribution in [3.63, 3.8) is 0 Å². The normalized spacial score (nSPS) is 12.2. The summed E-state index contributed by atoms with van der Waals surface area (Å²) in [4.78, 5) is 14.1. The lowest BCUT2D eigenvalue weighted by Crippen LogP contribution is -1.98. The summed E-state index contributed by atoms with van der Waals surface area (Å²) in [6.45, 7) is 0.656. The molecule has 1 aromatic heterocycles. The van der Waals surface area contributed by atoms with Crippen molar-refractivity contribution in [1.82, 2.24) is 4.98 Å². The molecule has 0 unspecified atom stereocenters. The maximum atomic E-state index is 10.6. The van der Waals surface area contributed by atoms with Crippen molar-refractivity contribution in [1.29, 1.82) is 0 Å². The molecule has 9 nitrogen and oxygen atoms in total. The van der Waals surface area contributed by atoms with Crippen LogP contribution in [0.3, 0.4) is 0 Å². The Hall–Kier alpha value is -3.41. The van der Waals surface area contributed by atoms with Crippen molar-refractivity contribution in [3.8, 4) is 17.2 Å². The van der Waals surface area contributed by atoms with Crippen LogP contribution in [0.2, 0.25) is 0 Å². The molecule has 4 rings (SSSR count). The first-order chi connectivity index (χ1) is 14.6. The van der Waals surface area contributed by atoms with E-state index in [0.29, 0.717) is 12.4 Å². The lowest BCUT2D eigenvalue weighted by atomic mass is 10.2. The lowest BCUT2D eigenvalue weighted by molar-refractivity contribution is -0.385. The van der Waals surface area contributed by atoms with Crippen molar-refractivity contribution in [2.45, 2.75) is 6.61 Å². The molecule has 0 spiro atoms. The zero-order valence-electron chi connectivity index (χ0n) is 15.4. The fraction of sp³-hybridized carbons (Fsp3) is 0.100. The topological polar surface area (TPSA) is 108 Å². The minimum atomic E-state index is -0.502. The molecule has 0 fully saturated rings. The van der Waals surface area contributed by atoms with Gasteiger partial charge in [-0.25, -0.2) is 4.98 Å². The molecule has 3 aromatic rings. The highest BCUT2D eigenvalue weighted by Crippen LogP contribution is 2.33. The summed E-state index contributed by atoms with van der Waals surface area (Å²) < 4.78 is 17.5. The number of hydrogen-bond acceptors (Lipinski definition) is 8. The summed E-state index contributed by atoms with van der Waals surface area (Å²) in [6.07, 6.45) is 2.81. The number of rotatable bonds is 7. The molecule has 0 atom stereocenters. The molecule has 0 saturated heterocycles. The second-order valence-electron chi connectivity index (χ2n) is 6.19. The first kappa shape index (κ1) is 19.9. The number of hydrazone groups is 1. The van der Waals surface area contributed by atoms with Crippen LogP contribution in [-0.2, 0) is 6.61 Å². The van der Waals surface area contributed by atoms with Gasteiger partial charge in [-0.2, -0.15) is 5.10 Å². The number of ether oxygens (including phenoxy) is 3. The van der Waals surface area contributed by atoms with E-state index < -0.39 is 4.92 Å². The maximum Gasteiger partial charge on any atom is 0.287 e. The largest absolute Gasteiger partial charge is 0.488 e. The van der Waals surface area contributed by atoms with Crippen molar-refractivity contribution in [2.24, 2.45) is 5.10 Å². The smallest absolute Gasteiger partial charge is 0.287 e. The van der Waals surface area contributed by atoms with E-state index in [2.05, 4.69) is 38.1 Å². The fourth-order valence-electron chi connectivity index (χ4n) is 2.64. The number of pyridine rings is 1. The molecule has 1 aliphatic rings. The quantitative estimate of drug-likeness (QED) is 0.215. The molecule has 0 aliphatic carbocycles. The van der Waals surface area contributed by atoms with E-state index in [9.17, 15) is 10.1 Å². The zero-order valence-corrected chi connectivity index (χ0v) is 17.6. The number of nitro groups is 1. The van der Waals surface area contributed by atoms with Gasteiger partial charge in [-0.05, 0) is 70.1 Å². The van der Waals surface area contributed by atoms with Crippen LogP contribution in [0, 0.1) is 13.7 Å². The van der Waals surface area contributed by atoms with Crippen LogP contribution in [0.5, 0.6) is 17.2 Å². The van der Waals surface area contributed by atoms with Gasteiger partial charge in [0.2, 0.25) is 6.79 Å². The zero-order chi connectivity index (χ0) is 20.9. The van der Waals surface area contributed by atoms with E-state index in [1.807, 2.05) is 36.4 Å². The molecule has 0 radical (unpaired) electrons. The van der Waals surface area contributed by atoms with E-state index in [0.717, 1.165) is 31.9 Å².